The number of carbonyl (C=O) groups is 2. The zero-order valence-corrected chi connectivity index (χ0v) is 8.96. The van der Waals surface area contributed by atoms with E-state index in [0.29, 0.717) is 11.1 Å². The molecule has 3 heteroatoms. The molecule has 2 rings (SSSR count). The van der Waals surface area contributed by atoms with Crippen molar-refractivity contribution in [2.24, 2.45) is 0 Å². The molecule has 1 aliphatic heterocycles. The van der Waals surface area contributed by atoms with E-state index in [1.54, 1.807) is 19.1 Å². The first-order valence-corrected chi connectivity index (χ1v) is 4.80. The van der Waals surface area contributed by atoms with E-state index in [1.165, 1.54) is 6.92 Å². The van der Waals surface area contributed by atoms with Gasteiger partial charge in [0.05, 0.1) is 5.56 Å². The highest BCUT2D eigenvalue weighted by Crippen LogP contribution is 2.37. The monoisotopic (exact) mass is 204 g/mol. The van der Waals surface area contributed by atoms with E-state index in [2.05, 4.69) is 0 Å². The number of aryl methyl sites for hydroxylation is 1. The first kappa shape index (κ1) is 9.90. The molecule has 0 amide bonds. The minimum Gasteiger partial charge on any atom is -0.443 e. The number of ketones is 1. The quantitative estimate of drug-likeness (QED) is 0.657. The molecule has 0 spiro atoms. The Morgan fingerprint density at radius 1 is 1.40 bits per heavy atom. The van der Waals surface area contributed by atoms with Crippen molar-refractivity contribution in [3.63, 3.8) is 0 Å². The smallest absolute Gasteiger partial charge is 0.339 e. The van der Waals surface area contributed by atoms with E-state index >= 15 is 0 Å². The Balaban J connectivity index is 2.66. The number of hydrogen-bond acceptors (Lipinski definition) is 3. The molecule has 0 radical (unpaired) electrons. The molecule has 0 aliphatic carbocycles. The molecule has 0 aromatic heterocycles. The molecular formula is C12H12O3. The summed E-state index contributed by atoms with van der Waals surface area (Å²) in [5, 5.41) is 0. The number of benzene rings is 1. The topological polar surface area (TPSA) is 43.4 Å². The molecule has 15 heavy (non-hydrogen) atoms. The molecule has 1 heterocycles. The van der Waals surface area contributed by atoms with Gasteiger partial charge in [0.15, 0.2) is 11.4 Å². The lowest BCUT2D eigenvalue weighted by Crippen LogP contribution is -2.30. The first-order chi connectivity index (χ1) is 6.95. The van der Waals surface area contributed by atoms with Crippen LogP contribution in [0.25, 0.3) is 0 Å². The zero-order valence-electron chi connectivity index (χ0n) is 8.96. The van der Waals surface area contributed by atoms with Crippen molar-refractivity contribution in [2.45, 2.75) is 26.4 Å². The molecule has 1 aromatic carbocycles. The van der Waals surface area contributed by atoms with Crippen molar-refractivity contribution in [1.29, 1.82) is 0 Å². The molecule has 0 saturated carbocycles. The van der Waals surface area contributed by atoms with E-state index in [4.69, 9.17) is 4.74 Å². The third kappa shape index (κ3) is 1.27. The van der Waals surface area contributed by atoms with Crippen LogP contribution in [0, 0.1) is 6.92 Å². The van der Waals surface area contributed by atoms with Crippen molar-refractivity contribution in [3.05, 3.63) is 34.9 Å². The number of rotatable bonds is 1. The average molecular weight is 204 g/mol. The normalized spacial score (nSPS) is 23.5. The van der Waals surface area contributed by atoms with Gasteiger partial charge in [-0.3, -0.25) is 4.79 Å². The summed E-state index contributed by atoms with van der Waals surface area (Å²) in [7, 11) is 0. The third-order valence-corrected chi connectivity index (χ3v) is 2.88. The second-order valence-corrected chi connectivity index (χ2v) is 4.03. The largest absolute Gasteiger partial charge is 0.443 e. The van der Waals surface area contributed by atoms with Crippen LogP contribution >= 0.6 is 0 Å². The third-order valence-electron chi connectivity index (χ3n) is 2.88. The highest BCUT2D eigenvalue weighted by atomic mass is 16.6. The molecule has 0 N–H and O–H groups in total. The van der Waals surface area contributed by atoms with E-state index in [9.17, 15) is 9.59 Å². The number of esters is 1. The van der Waals surface area contributed by atoms with Crippen LogP contribution in [0.1, 0.15) is 35.3 Å². The molecule has 1 atom stereocenters. The number of fused-ring (bicyclic) bond motifs is 1. The summed E-state index contributed by atoms with van der Waals surface area (Å²) in [5.41, 5.74) is 1.07. The Bertz CT molecular complexity index is 462. The van der Waals surface area contributed by atoms with E-state index < -0.39 is 11.6 Å². The number of hydrogen-bond donors (Lipinski definition) is 0. The Morgan fingerprint density at radius 2 is 2.07 bits per heavy atom. The van der Waals surface area contributed by atoms with E-state index in [0.717, 1.165) is 5.56 Å². The fourth-order valence-electron chi connectivity index (χ4n) is 1.80. The van der Waals surface area contributed by atoms with Crippen LogP contribution in [0.2, 0.25) is 0 Å². The number of ether oxygens (including phenoxy) is 1. The van der Waals surface area contributed by atoms with Gasteiger partial charge in [-0.15, -0.1) is 0 Å². The molecule has 1 unspecified atom stereocenters. The van der Waals surface area contributed by atoms with Gasteiger partial charge in [-0.05, 0) is 26.8 Å². The van der Waals surface area contributed by atoms with Gasteiger partial charge in [0.2, 0.25) is 0 Å². The molecule has 3 nitrogen and oxygen atoms in total. The highest BCUT2D eigenvalue weighted by molar-refractivity contribution is 6.02. The molecule has 0 saturated heterocycles. The minimum atomic E-state index is -1.10. The van der Waals surface area contributed by atoms with Gasteiger partial charge < -0.3 is 4.74 Å². The Labute approximate surface area is 88.1 Å². The number of Topliss-reactive ketones (excluding diaryl/α,β-unsaturated/α-hetero) is 1. The summed E-state index contributed by atoms with van der Waals surface area (Å²) >= 11 is 0. The average Bonchev–Trinajstić information content (AvgIpc) is 2.40. The predicted octanol–water partition coefficient (Wildman–Crippen LogP) is 1.97. The van der Waals surface area contributed by atoms with Gasteiger partial charge in [0.25, 0.3) is 0 Å². The number of cyclic esters (lactones) is 1. The maximum atomic E-state index is 11.6. The Hall–Kier alpha value is -1.64. The standard InChI is InChI=1S/C12H12O3/c1-7-4-5-10-9(6-7)11(14)15-12(10,3)8(2)13/h4-6H,1-3H3. The van der Waals surface area contributed by atoms with Gasteiger partial charge in [-0.1, -0.05) is 17.7 Å². The van der Waals surface area contributed by atoms with Crippen molar-refractivity contribution in [2.75, 3.05) is 0 Å². The Kier molecular flexibility index (Phi) is 1.93. The van der Waals surface area contributed by atoms with Gasteiger partial charge in [0, 0.05) is 5.56 Å². The van der Waals surface area contributed by atoms with Crippen molar-refractivity contribution < 1.29 is 14.3 Å². The molecule has 78 valence electrons. The molecule has 0 bridgehead atoms. The molecular weight excluding hydrogens is 192 g/mol. The van der Waals surface area contributed by atoms with Crippen LogP contribution in [0.5, 0.6) is 0 Å². The highest BCUT2D eigenvalue weighted by Gasteiger charge is 2.45. The second-order valence-electron chi connectivity index (χ2n) is 4.03. The van der Waals surface area contributed by atoms with Crippen LogP contribution in [0.3, 0.4) is 0 Å². The van der Waals surface area contributed by atoms with Crippen molar-refractivity contribution in [3.8, 4) is 0 Å². The van der Waals surface area contributed by atoms with Gasteiger partial charge in [0.1, 0.15) is 0 Å². The lowest BCUT2D eigenvalue weighted by atomic mass is 9.90. The van der Waals surface area contributed by atoms with Gasteiger partial charge in [-0.25, -0.2) is 4.79 Å². The van der Waals surface area contributed by atoms with E-state index in [-0.39, 0.29) is 5.78 Å². The van der Waals surface area contributed by atoms with Crippen LogP contribution in [-0.2, 0) is 15.1 Å². The summed E-state index contributed by atoms with van der Waals surface area (Å²) in [5.74, 6) is -0.565. The van der Waals surface area contributed by atoms with Gasteiger partial charge >= 0.3 is 5.97 Å². The van der Waals surface area contributed by atoms with Crippen LogP contribution in [0.4, 0.5) is 0 Å². The minimum absolute atomic E-state index is 0.154. The maximum absolute atomic E-state index is 11.6. The fourth-order valence-corrected chi connectivity index (χ4v) is 1.80. The fraction of sp³-hybridized carbons (Fsp3) is 0.333. The first-order valence-electron chi connectivity index (χ1n) is 4.80. The molecule has 1 aromatic rings. The maximum Gasteiger partial charge on any atom is 0.339 e. The van der Waals surface area contributed by atoms with Gasteiger partial charge in [-0.2, -0.15) is 0 Å². The van der Waals surface area contributed by atoms with Crippen molar-refractivity contribution >= 4 is 11.8 Å². The summed E-state index contributed by atoms with van der Waals surface area (Å²) in [6.07, 6.45) is 0. The summed E-state index contributed by atoms with van der Waals surface area (Å²) in [4.78, 5) is 23.0. The lowest BCUT2D eigenvalue weighted by Gasteiger charge is -2.20. The predicted molar refractivity (Wildman–Crippen MR) is 54.6 cm³/mol. The second kappa shape index (κ2) is 2.92. The SMILES string of the molecule is CC(=O)C1(C)OC(=O)c2cc(C)ccc21. The van der Waals surface area contributed by atoms with E-state index in [1.807, 2.05) is 13.0 Å². The van der Waals surface area contributed by atoms with Crippen LogP contribution < -0.4 is 0 Å². The Morgan fingerprint density at radius 3 is 2.67 bits per heavy atom. The lowest BCUT2D eigenvalue weighted by molar-refractivity contribution is -0.133. The molecule has 1 aliphatic rings. The summed E-state index contributed by atoms with van der Waals surface area (Å²) < 4.78 is 5.15. The van der Waals surface area contributed by atoms with Crippen LogP contribution in [-0.4, -0.2) is 11.8 Å². The van der Waals surface area contributed by atoms with Crippen LogP contribution in [0.15, 0.2) is 18.2 Å². The molecule has 0 fully saturated rings. The number of carbonyl (C=O) groups excluding carboxylic acids is 2. The summed E-state index contributed by atoms with van der Waals surface area (Å²) in [6.45, 7) is 4.97. The summed E-state index contributed by atoms with van der Waals surface area (Å²) in [6, 6.07) is 5.42. The zero-order chi connectivity index (χ0) is 11.2. The van der Waals surface area contributed by atoms with Crippen molar-refractivity contribution in [1.82, 2.24) is 0 Å².